The van der Waals surface area contributed by atoms with E-state index in [1.165, 1.54) is 11.8 Å². The minimum Gasteiger partial charge on any atom is -0.325 e. The number of aryl methyl sites for hydroxylation is 2. The van der Waals surface area contributed by atoms with E-state index in [1.807, 2.05) is 51.1 Å². The van der Waals surface area contributed by atoms with Gasteiger partial charge < -0.3 is 5.32 Å². The van der Waals surface area contributed by atoms with Gasteiger partial charge >= 0.3 is 0 Å². The molecule has 0 fully saturated rings. The molecule has 142 valence electrons. The average molecular weight is 385 g/mol. The van der Waals surface area contributed by atoms with Crippen LogP contribution in [0.2, 0.25) is 0 Å². The Labute approximate surface area is 161 Å². The van der Waals surface area contributed by atoms with Crippen LogP contribution >= 0.6 is 11.8 Å². The van der Waals surface area contributed by atoms with Gasteiger partial charge in [0.2, 0.25) is 5.91 Å². The van der Waals surface area contributed by atoms with E-state index in [2.05, 4.69) is 15.4 Å². The maximum atomic E-state index is 13.0. The van der Waals surface area contributed by atoms with Crippen molar-refractivity contribution >= 4 is 34.4 Å². The lowest BCUT2D eigenvalue weighted by molar-refractivity contribution is -0.113. The summed E-state index contributed by atoms with van der Waals surface area (Å²) in [6.07, 6.45) is 0.802. The molecule has 0 bridgehead atoms. The predicted octanol–water partition coefficient (Wildman–Crippen LogP) is 3.06. The third-order valence-electron chi connectivity index (χ3n) is 4.12. The van der Waals surface area contributed by atoms with Gasteiger partial charge in [-0.25, -0.2) is 4.98 Å². The lowest BCUT2D eigenvalue weighted by Gasteiger charge is -2.11. The minimum atomic E-state index is -0.135. The fraction of sp³-hybridized carbons (Fsp3) is 0.368. The van der Waals surface area contributed by atoms with Gasteiger partial charge in [-0.2, -0.15) is 5.10 Å². The van der Waals surface area contributed by atoms with Crippen LogP contribution in [0, 0.1) is 6.92 Å². The highest BCUT2D eigenvalue weighted by atomic mass is 32.2. The summed E-state index contributed by atoms with van der Waals surface area (Å²) in [7, 11) is 0. The van der Waals surface area contributed by atoms with Gasteiger partial charge in [-0.3, -0.25) is 18.8 Å². The van der Waals surface area contributed by atoms with Gasteiger partial charge in [-0.05, 0) is 32.4 Å². The number of aromatic nitrogens is 4. The molecule has 3 aromatic rings. The van der Waals surface area contributed by atoms with E-state index in [1.54, 1.807) is 9.25 Å². The van der Waals surface area contributed by atoms with Gasteiger partial charge in [0.15, 0.2) is 10.7 Å². The van der Waals surface area contributed by atoms with Gasteiger partial charge in [0, 0.05) is 18.8 Å². The van der Waals surface area contributed by atoms with Crippen LogP contribution in [0.1, 0.15) is 26.0 Å². The second-order valence-corrected chi connectivity index (χ2v) is 7.09. The number of anilines is 1. The summed E-state index contributed by atoms with van der Waals surface area (Å²) in [6, 6.07) is 9.30. The van der Waals surface area contributed by atoms with Crippen molar-refractivity contribution in [3.8, 4) is 0 Å². The van der Waals surface area contributed by atoms with Crippen LogP contribution in [0.25, 0.3) is 11.0 Å². The predicted molar refractivity (Wildman–Crippen MR) is 108 cm³/mol. The van der Waals surface area contributed by atoms with Gasteiger partial charge in [0.1, 0.15) is 5.52 Å². The van der Waals surface area contributed by atoms with Gasteiger partial charge in [-0.15, -0.1) is 0 Å². The maximum absolute atomic E-state index is 13.0. The Morgan fingerprint density at radius 1 is 1.22 bits per heavy atom. The Hall–Kier alpha value is -2.61. The molecule has 0 saturated carbocycles. The average Bonchev–Trinajstić information content (AvgIpc) is 2.99. The van der Waals surface area contributed by atoms with Crippen molar-refractivity contribution in [1.82, 2.24) is 19.3 Å². The molecule has 27 heavy (non-hydrogen) atoms. The molecule has 0 aliphatic heterocycles. The molecule has 0 saturated heterocycles. The second-order valence-electron chi connectivity index (χ2n) is 6.15. The molecule has 0 aliphatic rings. The molecule has 2 heterocycles. The molecule has 1 N–H and O–H groups in total. The highest BCUT2D eigenvalue weighted by molar-refractivity contribution is 7.99. The van der Waals surface area contributed by atoms with Crippen LogP contribution in [-0.2, 0) is 17.9 Å². The fourth-order valence-corrected chi connectivity index (χ4v) is 3.71. The standard InChI is InChI=1S/C19H23N5O2S/c1-4-11-23-18(26)17-16(13(3)22-24(17)5-2)21-19(23)27-12-15(25)20-14-9-7-6-8-10-14/h6-10H,4-5,11-12H2,1-3H3,(H,20,25). The smallest absolute Gasteiger partial charge is 0.280 e. The number of nitrogens with one attached hydrogen (secondary N) is 1. The number of hydrogen-bond acceptors (Lipinski definition) is 5. The summed E-state index contributed by atoms with van der Waals surface area (Å²) in [5.41, 5.74) is 2.51. The number of rotatable bonds is 7. The topological polar surface area (TPSA) is 81.8 Å². The van der Waals surface area contributed by atoms with Crippen molar-refractivity contribution < 1.29 is 4.79 Å². The van der Waals surface area contributed by atoms with Crippen molar-refractivity contribution in [3.63, 3.8) is 0 Å². The Balaban J connectivity index is 1.89. The van der Waals surface area contributed by atoms with E-state index in [9.17, 15) is 9.59 Å². The number of fused-ring (bicyclic) bond motifs is 1. The molecule has 7 nitrogen and oxygen atoms in total. The van der Waals surface area contributed by atoms with Gasteiger partial charge in [-0.1, -0.05) is 36.9 Å². The number of benzene rings is 1. The highest BCUT2D eigenvalue weighted by Gasteiger charge is 2.18. The quantitative estimate of drug-likeness (QED) is 0.499. The molecular weight excluding hydrogens is 362 g/mol. The monoisotopic (exact) mass is 385 g/mol. The van der Waals surface area contributed by atoms with Crippen LogP contribution in [0.4, 0.5) is 5.69 Å². The van der Waals surface area contributed by atoms with E-state index in [0.29, 0.717) is 29.3 Å². The first-order valence-corrected chi connectivity index (χ1v) is 9.99. The van der Waals surface area contributed by atoms with Crippen LogP contribution in [0.5, 0.6) is 0 Å². The number of para-hydroxylation sites is 1. The Bertz CT molecular complexity index is 1010. The molecule has 0 aliphatic carbocycles. The first-order chi connectivity index (χ1) is 13.0. The molecular formula is C19H23N5O2S. The fourth-order valence-electron chi connectivity index (χ4n) is 2.90. The lowest BCUT2D eigenvalue weighted by atomic mass is 10.3. The highest BCUT2D eigenvalue weighted by Crippen LogP contribution is 2.20. The SMILES string of the molecule is CCCn1c(SCC(=O)Nc2ccccc2)nc2c(C)nn(CC)c2c1=O. The lowest BCUT2D eigenvalue weighted by Crippen LogP contribution is -2.25. The number of amides is 1. The molecule has 0 spiro atoms. The number of carbonyl (C=O) groups excluding carboxylic acids is 1. The van der Waals surface area contributed by atoms with E-state index in [-0.39, 0.29) is 17.2 Å². The zero-order valence-electron chi connectivity index (χ0n) is 15.7. The summed E-state index contributed by atoms with van der Waals surface area (Å²) in [5, 5.41) is 7.82. The summed E-state index contributed by atoms with van der Waals surface area (Å²) in [5.74, 6) is 0.0434. The van der Waals surface area contributed by atoms with Crippen LogP contribution in [-0.4, -0.2) is 31.0 Å². The van der Waals surface area contributed by atoms with E-state index in [4.69, 9.17) is 0 Å². The molecule has 8 heteroatoms. The van der Waals surface area contributed by atoms with E-state index < -0.39 is 0 Å². The third-order valence-corrected chi connectivity index (χ3v) is 5.09. The maximum Gasteiger partial charge on any atom is 0.280 e. The largest absolute Gasteiger partial charge is 0.325 e. The first kappa shape index (κ1) is 19.2. The normalized spacial score (nSPS) is 11.1. The molecule has 1 aromatic carbocycles. The van der Waals surface area contributed by atoms with Crippen LogP contribution < -0.4 is 10.9 Å². The van der Waals surface area contributed by atoms with E-state index in [0.717, 1.165) is 17.8 Å². The number of nitrogens with zero attached hydrogens (tertiary/aromatic N) is 4. The van der Waals surface area contributed by atoms with Crippen molar-refractivity contribution in [2.75, 3.05) is 11.1 Å². The summed E-state index contributed by atoms with van der Waals surface area (Å²) in [4.78, 5) is 29.9. The Morgan fingerprint density at radius 2 is 1.96 bits per heavy atom. The Kier molecular flexibility index (Phi) is 5.95. The molecule has 1 amide bonds. The van der Waals surface area contributed by atoms with Crippen molar-refractivity contribution in [3.05, 3.63) is 46.4 Å². The van der Waals surface area contributed by atoms with Crippen molar-refractivity contribution in [1.29, 1.82) is 0 Å². The molecule has 0 radical (unpaired) electrons. The molecule has 0 unspecified atom stereocenters. The minimum absolute atomic E-state index is 0.102. The number of thioether (sulfide) groups is 1. The summed E-state index contributed by atoms with van der Waals surface area (Å²) in [6.45, 7) is 6.97. The molecule has 3 rings (SSSR count). The summed E-state index contributed by atoms with van der Waals surface area (Å²) >= 11 is 1.27. The van der Waals surface area contributed by atoms with Gasteiger partial charge in [0.05, 0.1) is 11.4 Å². The van der Waals surface area contributed by atoms with Crippen molar-refractivity contribution in [2.45, 2.75) is 45.4 Å². The second kappa shape index (κ2) is 8.39. The molecule has 0 atom stereocenters. The van der Waals surface area contributed by atoms with Crippen LogP contribution in [0.15, 0.2) is 40.3 Å². The first-order valence-electron chi connectivity index (χ1n) is 9.00. The van der Waals surface area contributed by atoms with E-state index >= 15 is 0 Å². The number of carbonyl (C=O) groups is 1. The zero-order chi connectivity index (χ0) is 19.4. The molecule has 2 aromatic heterocycles. The summed E-state index contributed by atoms with van der Waals surface area (Å²) < 4.78 is 3.35. The third kappa shape index (κ3) is 4.05. The van der Waals surface area contributed by atoms with Crippen molar-refractivity contribution in [2.24, 2.45) is 0 Å². The zero-order valence-corrected chi connectivity index (χ0v) is 16.5. The Morgan fingerprint density at radius 3 is 2.63 bits per heavy atom. The number of hydrogen-bond donors (Lipinski definition) is 1. The van der Waals surface area contributed by atoms with Crippen LogP contribution in [0.3, 0.4) is 0 Å². The van der Waals surface area contributed by atoms with Gasteiger partial charge in [0.25, 0.3) is 5.56 Å².